The number of carboxylic acids is 1. The van der Waals surface area contributed by atoms with Gasteiger partial charge in [0.2, 0.25) is 5.91 Å². The molecule has 34 heavy (non-hydrogen) atoms. The Morgan fingerprint density at radius 3 is 2.00 bits per heavy atom. The smallest absolute Gasteiger partial charge is 0.408 e. The number of nitrogens with one attached hydrogen (secondary N) is 1. The van der Waals surface area contributed by atoms with Crippen LogP contribution < -0.4 is 5.32 Å². The van der Waals surface area contributed by atoms with Crippen molar-refractivity contribution >= 4 is 18.0 Å². The molecule has 0 aromatic heterocycles. The van der Waals surface area contributed by atoms with Crippen LogP contribution in [-0.4, -0.2) is 47.7 Å². The lowest BCUT2D eigenvalue weighted by Crippen LogP contribution is -2.47. The first-order valence-electron chi connectivity index (χ1n) is 11.0. The van der Waals surface area contributed by atoms with Crippen LogP contribution in [-0.2, 0) is 14.3 Å². The van der Waals surface area contributed by atoms with E-state index < -0.39 is 30.1 Å². The van der Waals surface area contributed by atoms with Gasteiger partial charge >= 0.3 is 12.1 Å². The number of hydrogen-bond acceptors (Lipinski definition) is 4. The van der Waals surface area contributed by atoms with Crippen LogP contribution in [0.5, 0.6) is 0 Å². The van der Waals surface area contributed by atoms with Gasteiger partial charge in [-0.05, 0) is 34.7 Å². The van der Waals surface area contributed by atoms with Crippen LogP contribution in [0, 0.1) is 0 Å². The minimum absolute atomic E-state index is 0.108. The van der Waals surface area contributed by atoms with E-state index in [4.69, 9.17) is 4.74 Å². The van der Waals surface area contributed by atoms with Crippen LogP contribution in [0.25, 0.3) is 11.1 Å². The van der Waals surface area contributed by atoms with Crippen molar-refractivity contribution in [3.05, 3.63) is 95.6 Å². The molecular weight excluding hydrogens is 432 g/mol. The first-order chi connectivity index (χ1) is 16.4. The van der Waals surface area contributed by atoms with Gasteiger partial charge in [0.1, 0.15) is 18.7 Å². The van der Waals surface area contributed by atoms with Crippen LogP contribution in [0.1, 0.15) is 35.6 Å². The molecule has 7 heteroatoms. The third kappa shape index (κ3) is 4.50. The molecule has 0 bridgehead atoms. The quantitative estimate of drug-likeness (QED) is 0.553. The van der Waals surface area contributed by atoms with Gasteiger partial charge in [0, 0.05) is 13.0 Å². The van der Waals surface area contributed by atoms with Gasteiger partial charge in [0.25, 0.3) is 0 Å². The second-order valence-electron chi connectivity index (χ2n) is 8.28. The summed E-state index contributed by atoms with van der Waals surface area (Å²) in [7, 11) is 1.40. The molecule has 2 N–H and O–H groups in total. The maximum atomic E-state index is 13.1. The van der Waals surface area contributed by atoms with Crippen LogP contribution in [0.4, 0.5) is 4.79 Å². The third-order valence-corrected chi connectivity index (χ3v) is 6.27. The minimum atomic E-state index is -1.14. The van der Waals surface area contributed by atoms with Crippen molar-refractivity contribution in [2.75, 3.05) is 13.7 Å². The molecule has 1 aliphatic rings. The summed E-state index contributed by atoms with van der Waals surface area (Å²) in [6.45, 7) is 1.52. The molecule has 174 valence electrons. The summed E-state index contributed by atoms with van der Waals surface area (Å²) >= 11 is 0. The molecule has 2 atom stereocenters. The van der Waals surface area contributed by atoms with E-state index in [1.54, 1.807) is 30.3 Å². The van der Waals surface area contributed by atoms with Gasteiger partial charge in [-0.3, -0.25) is 4.79 Å². The summed E-state index contributed by atoms with van der Waals surface area (Å²) in [5.41, 5.74) is 4.94. The number of hydrogen-bond donors (Lipinski definition) is 2. The topological polar surface area (TPSA) is 95.9 Å². The number of aliphatic carboxylic acids is 1. The number of carbonyl (C=O) groups is 3. The zero-order valence-corrected chi connectivity index (χ0v) is 19.0. The molecule has 0 spiro atoms. The first-order valence-corrected chi connectivity index (χ1v) is 11.0. The number of ether oxygens (including phenoxy) is 1. The zero-order valence-electron chi connectivity index (χ0n) is 19.0. The van der Waals surface area contributed by atoms with Crippen molar-refractivity contribution < 1.29 is 24.2 Å². The molecule has 0 fully saturated rings. The van der Waals surface area contributed by atoms with Crippen molar-refractivity contribution in [1.82, 2.24) is 10.2 Å². The molecule has 1 aliphatic carbocycles. The van der Waals surface area contributed by atoms with Crippen molar-refractivity contribution in [3.63, 3.8) is 0 Å². The third-order valence-electron chi connectivity index (χ3n) is 6.27. The Bertz CT molecular complexity index is 1160. The molecule has 1 unspecified atom stereocenters. The number of fused-ring (bicyclic) bond motifs is 3. The van der Waals surface area contributed by atoms with Crippen LogP contribution in [0.3, 0.4) is 0 Å². The molecule has 4 rings (SSSR count). The average Bonchev–Trinajstić information content (AvgIpc) is 3.19. The molecule has 7 nitrogen and oxygen atoms in total. The highest BCUT2D eigenvalue weighted by molar-refractivity contribution is 5.90. The van der Waals surface area contributed by atoms with Crippen molar-refractivity contribution in [2.45, 2.75) is 24.9 Å². The Balaban J connectivity index is 1.51. The number of nitrogens with zero attached hydrogens (tertiary/aromatic N) is 1. The predicted molar refractivity (Wildman–Crippen MR) is 127 cm³/mol. The number of rotatable bonds is 7. The van der Waals surface area contributed by atoms with Gasteiger partial charge in [0.15, 0.2) is 0 Å². The van der Waals surface area contributed by atoms with E-state index in [1.165, 1.54) is 14.0 Å². The molecule has 3 aromatic carbocycles. The number of amides is 2. The van der Waals surface area contributed by atoms with E-state index in [0.717, 1.165) is 27.2 Å². The standard InChI is InChI=1S/C27H26N2O5/c1-17(26(31)32)29(2)25(30)24(18-10-4-3-5-11-18)28-27(33)34-16-23-21-14-8-6-12-19(21)20-13-7-9-15-22(20)23/h3-15,17,23-24H,16H2,1-2H3,(H,28,33)(H,31,32)/t17?,24-/m1/s1. The average molecular weight is 459 g/mol. The van der Waals surface area contributed by atoms with Crippen LogP contribution in [0.15, 0.2) is 78.9 Å². The van der Waals surface area contributed by atoms with E-state index in [1.807, 2.05) is 36.4 Å². The van der Waals surface area contributed by atoms with Gasteiger partial charge in [-0.2, -0.15) is 0 Å². The Morgan fingerprint density at radius 2 is 1.44 bits per heavy atom. The lowest BCUT2D eigenvalue weighted by atomic mass is 9.98. The fourth-order valence-corrected chi connectivity index (χ4v) is 4.25. The highest BCUT2D eigenvalue weighted by Crippen LogP contribution is 2.44. The monoisotopic (exact) mass is 458 g/mol. The largest absolute Gasteiger partial charge is 0.480 e. The first kappa shape index (κ1) is 23.0. The van der Waals surface area contributed by atoms with Crippen molar-refractivity contribution in [2.24, 2.45) is 0 Å². The second-order valence-corrected chi connectivity index (χ2v) is 8.28. The summed E-state index contributed by atoms with van der Waals surface area (Å²) in [6, 6.07) is 22.6. The van der Waals surface area contributed by atoms with E-state index >= 15 is 0 Å². The van der Waals surface area contributed by atoms with Gasteiger partial charge in [0.05, 0.1) is 0 Å². The summed E-state index contributed by atoms with van der Waals surface area (Å²) in [6.07, 6.45) is -0.750. The van der Waals surface area contributed by atoms with E-state index in [2.05, 4.69) is 17.4 Å². The van der Waals surface area contributed by atoms with Crippen LogP contribution in [0.2, 0.25) is 0 Å². The molecule has 0 radical (unpaired) electrons. The Labute approximate surface area is 198 Å². The van der Waals surface area contributed by atoms with Gasteiger partial charge in [-0.15, -0.1) is 0 Å². The molecule has 3 aromatic rings. The number of benzene rings is 3. The molecule has 0 aliphatic heterocycles. The summed E-state index contributed by atoms with van der Waals surface area (Å²) in [5, 5.41) is 11.9. The SMILES string of the molecule is CC(C(=O)O)N(C)C(=O)[C@H](NC(=O)OCC1c2ccccc2-c2ccccc21)c1ccccc1. The maximum Gasteiger partial charge on any atom is 0.408 e. The van der Waals surface area contributed by atoms with E-state index in [0.29, 0.717) is 5.56 Å². The van der Waals surface area contributed by atoms with Crippen molar-refractivity contribution in [3.8, 4) is 11.1 Å². The van der Waals surface area contributed by atoms with Crippen LogP contribution >= 0.6 is 0 Å². The number of carboxylic acid groups (broad SMARTS) is 1. The maximum absolute atomic E-state index is 13.1. The normalized spacial score (nSPS) is 13.8. The molecule has 0 saturated carbocycles. The lowest BCUT2D eigenvalue weighted by molar-refractivity contribution is -0.149. The van der Waals surface area contributed by atoms with E-state index in [-0.39, 0.29) is 12.5 Å². The van der Waals surface area contributed by atoms with Gasteiger partial charge < -0.3 is 20.1 Å². The number of carbonyl (C=O) groups excluding carboxylic acids is 2. The summed E-state index contributed by atoms with van der Waals surface area (Å²) in [5.74, 6) is -1.79. The zero-order chi connectivity index (χ0) is 24.2. The summed E-state index contributed by atoms with van der Waals surface area (Å²) < 4.78 is 5.59. The van der Waals surface area contributed by atoms with Gasteiger partial charge in [-0.25, -0.2) is 9.59 Å². The predicted octanol–water partition coefficient (Wildman–Crippen LogP) is 4.20. The molecule has 0 heterocycles. The van der Waals surface area contributed by atoms with Gasteiger partial charge in [-0.1, -0.05) is 78.9 Å². The summed E-state index contributed by atoms with van der Waals surface area (Å²) in [4.78, 5) is 38.4. The minimum Gasteiger partial charge on any atom is -0.480 e. The molecule has 0 saturated heterocycles. The highest BCUT2D eigenvalue weighted by Gasteiger charge is 2.32. The lowest BCUT2D eigenvalue weighted by Gasteiger charge is -2.27. The molecule has 2 amide bonds. The second kappa shape index (κ2) is 9.79. The van der Waals surface area contributed by atoms with Crippen molar-refractivity contribution in [1.29, 1.82) is 0 Å². The Kier molecular flexibility index (Phi) is 6.63. The molecular formula is C27H26N2O5. The Hall–Kier alpha value is -4.13. The fraction of sp³-hybridized carbons (Fsp3) is 0.222. The highest BCUT2D eigenvalue weighted by atomic mass is 16.5. The number of alkyl carbamates (subject to hydrolysis) is 1. The number of likely N-dealkylation sites (N-methyl/N-ethyl adjacent to an activating group) is 1. The fourth-order valence-electron chi connectivity index (χ4n) is 4.25. The Morgan fingerprint density at radius 1 is 0.912 bits per heavy atom. The van der Waals surface area contributed by atoms with E-state index in [9.17, 15) is 19.5 Å².